The predicted molar refractivity (Wildman–Crippen MR) is 85.2 cm³/mol. The zero-order valence-electron chi connectivity index (χ0n) is 12.6. The van der Waals surface area contributed by atoms with Crippen LogP contribution >= 0.6 is 12.4 Å². The van der Waals surface area contributed by atoms with E-state index in [9.17, 15) is 4.79 Å². The maximum atomic E-state index is 12.6. The Balaban J connectivity index is 0.00000200. The van der Waals surface area contributed by atoms with Crippen molar-refractivity contribution in [1.29, 1.82) is 0 Å². The van der Waals surface area contributed by atoms with E-state index in [-0.39, 0.29) is 23.9 Å². The van der Waals surface area contributed by atoms with Crippen molar-refractivity contribution < 1.29 is 4.79 Å². The van der Waals surface area contributed by atoms with Crippen molar-refractivity contribution in [3.63, 3.8) is 0 Å². The SMILES string of the molecule is CCC1(C(=O)N(C)Cc2ccc(C)cc2)CCCN1.Cl. The van der Waals surface area contributed by atoms with Gasteiger partial charge in [-0.2, -0.15) is 0 Å². The van der Waals surface area contributed by atoms with E-state index in [4.69, 9.17) is 0 Å². The van der Waals surface area contributed by atoms with Crippen LogP contribution in [0.15, 0.2) is 24.3 Å². The number of halogens is 1. The average molecular weight is 297 g/mol. The lowest BCUT2D eigenvalue weighted by atomic mass is 9.92. The van der Waals surface area contributed by atoms with Crippen LogP contribution in [0.4, 0.5) is 0 Å². The first-order valence-electron chi connectivity index (χ1n) is 7.13. The minimum atomic E-state index is -0.320. The summed E-state index contributed by atoms with van der Waals surface area (Å²) in [6, 6.07) is 8.38. The Labute approximate surface area is 128 Å². The molecule has 1 aliphatic heterocycles. The third-order valence-electron chi connectivity index (χ3n) is 4.14. The molecule has 2 rings (SSSR count). The highest BCUT2D eigenvalue weighted by Crippen LogP contribution is 2.25. The molecule has 112 valence electrons. The van der Waals surface area contributed by atoms with Crippen LogP contribution in [0.25, 0.3) is 0 Å². The van der Waals surface area contributed by atoms with Crippen molar-refractivity contribution in [3.8, 4) is 0 Å². The number of hydrogen-bond donors (Lipinski definition) is 1. The largest absolute Gasteiger partial charge is 0.340 e. The van der Waals surface area contributed by atoms with Crippen LogP contribution in [-0.4, -0.2) is 29.9 Å². The first-order chi connectivity index (χ1) is 9.07. The molecule has 1 unspecified atom stereocenters. The van der Waals surface area contributed by atoms with Gasteiger partial charge < -0.3 is 10.2 Å². The maximum Gasteiger partial charge on any atom is 0.242 e. The van der Waals surface area contributed by atoms with Crippen molar-refractivity contribution >= 4 is 18.3 Å². The van der Waals surface area contributed by atoms with Gasteiger partial charge in [-0.15, -0.1) is 12.4 Å². The molecular formula is C16H25ClN2O. The lowest BCUT2D eigenvalue weighted by Crippen LogP contribution is -2.53. The van der Waals surface area contributed by atoms with E-state index in [0.29, 0.717) is 6.54 Å². The number of carbonyl (C=O) groups is 1. The Bertz CT molecular complexity index is 438. The number of nitrogens with one attached hydrogen (secondary N) is 1. The van der Waals surface area contributed by atoms with Gasteiger partial charge in [-0.3, -0.25) is 4.79 Å². The summed E-state index contributed by atoms with van der Waals surface area (Å²) in [5, 5.41) is 3.40. The summed E-state index contributed by atoms with van der Waals surface area (Å²) < 4.78 is 0. The minimum absolute atomic E-state index is 0. The summed E-state index contributed by atoms with van der Waals surface area (Å²) in [5.41, 5.74) is 2.12. The molecule has 1 amide bonds. The number of likely N-dealkylation sites (N-methyl/N-ethyl adjacent to an activating group) is 1. The quantitative estimate of drug-likeness (QED) is 0.926. The van der Waals surface area contributed by atoms with Crippen molar-refractivity contribution in [2.45, 2.75) is 45.2 Å². The van der Waals surface area contributed by atoms with E-state index in [1.165, 1.54) is 11.1 Å². The molecule has 1 N–H and O–H groups in total. The maximum absolute atomic E-state index is 12.6. The molecule has 0 bridgehead atoms. The van der Waals surface area contributed by atoms with Crippen molar-refractivity contribution in [3.05, 3.63) is 35.4 Å². The van der Waals surface area contributed by atoms with Crippen LogP contribution in [0.5, 0.6) is 0 Å². The molecular weight excluding hydrogens is 272 g/mol. The smallest absolute Gasteiger partial charge is 0.242 e. The third-order valence-corrected chi connectivity index (χ3v) is 4.14. The number of hydrogen-bond acceptors (Lipinski definition) is 2. The summed E-state index contributed by atoms with van der Waals surface area (Å²) in [5.74, 6) is 0.230. The fourth-order valence-electron chi connectivity index (χ4n) is 2.85. The first-order valence-corrected chi connectivity index (χ1v) is 7.13. The molecule has 0 radical (unpaired) electrons. The molecule has 1 heterocycles. The zero-order valence-corrected chi connectivity index (χ0v) is 13.4. The molecule has 1 saturated heterocycles. The molecule has 0 spiro atoms. The topological polar surface area (TPSA) is 32.3 Å². The monoisotopic (exact) mass is 296 g/mol. The molecule has 4 heteroatoms. The molecule has 20 heavy (non-hydrogen) atoms. The van der Waals surface area contributed by atoms with Crippen molar-refractivity contribution in [2.75, 3.05) is 13.6 Å². The number of rotatable bonds is 4. The average Bonchev–Trinajstić information content (AvgIpc) is 2.90. The summed E-state index contributed by atoms with van der Waals surface area (Å²) in [4.78, 5) is 14.5. The Morgan fingerprint density at radius 3 is 2.50 bits per heavy atom. The van der Waals surface area contributed by atoms with Crippen LogP contribution in [0, 0.1) is 6.92 Å². The highest BCUT2D eigenvalue weighted by Gasteiger charge is 2.40. The van der Waals surface area contributed by atoms with Gasteiger partial charge in [-0.05, 0) is 38.3 Å². The second-order valence-corrected chi connectivity index (χ2v) is 5.61. The van der Waals surface area contributed by atoms with E-state index in [1.807, 2.05) is 11.9 Å². The zero-order chi connectivity index (χ0) is 13.9. The normalized spacial score (nSPS) is 21.4. The van der Waals surface area contributed by atoms with Crippen molar-refractivity contribution in [1.82, 2.24) is 10.2 Å². The fraction of sp³-hybridized carbons (Fsp3) is 0.562. The standard InChI is InChI=1S/C16H24N2O.ClH/c1-4-16(10-5-11-17-16)15(19)18(3)12-14-8-6-13(2)7-9-14;/h6-9,17H,4-5,10-12H2,1-3H3;1H. The Morgan fingerprint density at radius 2 is 2.00 bits per heavy atom. The molecule has 0 aromatic heterocycles. The third kappa shape index (κ3) is 3.53. The summed E-state index contributed by atoms with van der Waals surface area (Å²) in [6.07, 6.45) is 2.92. The van der Waals surface area contributed by atoms with E-state index in [1.54, 1.807) is 0 Å². The molecule has 0 saturated carbocycles. The highest BCUT2D eigenvalue weighted by molar-refractivity contribution is 5.86. The van der Waals surface area contributed by atoms with E-state index in [0.717, 1.165) is 25.8 Å². The van der Waals surface area contributed by atoms with Gasteiger partial charge in [0.15, 0.2) is 0 Å². The van der Waals surface area contributed by atoms with Gasteiger partial charge >= 0.3 is 0 Å². The van der Waals surface area contributed by atoms with Gasteiger partial charge in [0.2, 0.25) is 5.91 Å². The van der Waals surface area contributed by atoms with Crippen LogP contribution in [0.2, 0.25) is 0 Å². The second kappa shape index (κ2) is 7.09. The molecule has 3 nitrogen and oxygen atoms in total. The Kier molecular flexibility index (Phi) is 6.03. The predicted octanol–water partition coefficient (Wildman–Crippen LogP) is 2.91. The number of carbonyl (C=O) groups excluding carboxylic acids is 1. The molecule has 0 aliphatic carbocycles. The number of nitrogens with zero attached hydrogens (tertiary/aromatic N) is 1. The molecule has 1 aromatic carbocycles. The lowest BCUT2D eigenvalue weighted by molar-refractivity contribution is -0.137. The lowest BCUT2D eigenvalue weighted by Gasteiger charge is -2.32. The van der Waals surface area contributed by atoms with Crippen LogP contribution in [0.3, 0.4) is 0 Å². The van der Waals surface area contributed by atoms with Gasteiger partial charge in [0.1, 0.15) is 0 Å². The van der Waals surface area contributed by atoms with E-state index in [2.05, 4.69) is 43.4 Å². The second-order valence-electron chi connectivity index (χ2n) is 5.61. The van der Waals surface area contributed by atoms with Crippen LogP contribution in [-0.2, 0) is 11.3 Å². The van der Waals surface area contributed by atoms with Crippen LogP contribution in [0.1, 0.15) is 37.3 Å². The van der Waals surface area contributed by atoms with E-state index < -0.39 is 0 Å². The van der Waals surface area contributed by atoms with Crippen LogP contribution < -0.4 is 5.32 Å². The van der Waals surface area contributed by atoms with Crippen molar-refractivity contribution in [2.24, 2.45) is 0 Å². The number of benzene rings is 1. The van der Waals surface area contributed by atoms with Gasteiger partial charge in [0.25, 0.3) is 0 Å². The molecule has 1 aromatic rings. The van der Waals surface area contributed by atoms with Gasteiger partial charge in [-0.25, -0.2) is 0 Å². The molecule has 1 aliphatic rings. The summed E-state index contributed by atoms with van der Waals surface area (Å²) in [6.45, 7) is 5.81. The Morgan fingerprint density at radius 1 is 1.35 bits per heavy atom. The van der Waals surface area contributed by atoms with E-state index >= 15 is 0 Å². The fourth-order valence-corrected chi connectivity index (χ4v) is 2.85. The number of aryl methyl sites for hydroxylation is 1. The van der Waals surface area contributed by atoms with Gasteiger partial charge in [-0.1, -0.05) is 36.8 Å². The minimum Gasteiger partial charge on any atom is -0.340 e. The summed E-state index contributed by atoms with van der Waals surface area (Å²) >= 11 is 0. The summed E-state index contributed by atoms with van der Waals surface area (Å²) in [7, 11) is 1.90. The first kappa shape index (κ1) is 17.0. The molecule has 1 atom stereocenters. The molecule has 1 fully saturated rings. The highest BCUT2D eigenvalue weighted by atomic mass is 35.5. The Hall–Kier alpha value is -1.06. The number of amides is 1. The van der Waals surface area contributed by atoms with Gasteiger partial charge in [0.05, 0.1) is 5.54 Å². The van der Waals surface area contributed by atoms with Gasteiger partial charge in [0, 0.05) is 13.6 Å².